The molecule has 0 spiro atoms. The highest BCUT2D eigenvalue weighted by Crippen LogP contribution is 2.30. The van der Waals surface area contributed by atoms with Gasteiger partial charge < -0.3 is 9.26 Å². The molecular weight excluding hydrogens is 442 g/mol. The van der Waals surface area contributed by atoms with E-state index in [9.17, 15) is 4.79 Å². The summed E-state index contributed by atoms with van der Waals surface area (Å²) < 4.78 is 10.7. The van der Waals surface area contributed by atoms with Crippen LogP contribution in [0.25, 0.3) is 22.5 Å². The molecule has 0 saturated heterocycles. The number of hydrogen-bond donors (Lipinski definition) is 0. The Morgan fingerprint density at radius 3 is 2.21 bits per heavy atom. The first kappa shape index (κ1) is 23.8. The van der Waals surface area contributed by atoms with Gasteiger partial charge >= 0.3 is 5.97 Å². The van der Waals surface area contributed by atoms with Crippen LogP contribution in [0.5, 0.6) is 0 Å². The predicted molar refractivity (Wildman–Crippen MR) is 139 cm³/mol. The average Bonchev–Trinajstić information content (AvgIpc) is 3.23. The number of hydrogen-bond acceptors (Lipinski definition) is 5. The molecule has 0 amide bonds. The number of ether oxygens (including phenoxy) is 1. The molecule has 1 heterocycles. The summed E-state index contributed by atoms with van der Waals surface area (Å²) in [5.74, 6) is 2.68. The van der Waals surface area contributed by atoms with Gasteiger partial charge in [-0.2, -0.15) is 11.8 Å². The van der Waals surface area contributed by atoms with Gasteiger partial charge in [0.2, 0.25) is 0 Å². The molecule has 34 heavy (non-hydrogen) atoms. The summed E-state index contributed by atoms with van der Waals surface area (Å²) >= 11 is 1.93. The molecule has 5 heteroatoms. The van der Waals surface area contributed by atoms with Crippen LogP contribution in [0.1, 0.15) is 29.3 Å². The van der Waals surface area contributed by atoms with Crippen molar-refractivity contribution in [2.75, 3.05) is 12.4 Å². The molecule has 4 rings (SSSR count). The normalized spacial score (nSPS) is 10.9. The number of aryl methyl sites for hydroxylation is 1. The van der Waals surface area contributed by atoms with Crippen LogP contribution in [0.4, 0.5) is 0 Å². The number of benzene rings is 3. The topological polar surface area (TPSA) is 52.3 Å². The van der Waals surface area contributed by atoms with E-state index in [0.29, 0.717) is 13.0 Å². The summed E-state index contributed by atoms with van der Waals surface area (Å²) in [4.78, 5) is 11.7. The highest BCUT2D eigenvalue weighted by Gasteiger charge is 2.15. The van der Waals surface area contributed by atoms with Gasteiger partial charge in [0, 0.05) is 16.9 Å². The second-order valence-electron chi connectivity index (χ2n) is 8.12. The van der Waals surface area contributed by atoms with Gasteiger partial charge in [0.15, 0.2) is 5.76 Å². The molecule has 4 nitrogen and oxygen atoms in total. The zero-order valence-corrected chi connectivity index (χ0v) is 20.4. The molecule has 0 fully saturated rings. The first-order valence-electron chi connectivity index (χ1n) is 11.6. The highest BCUT2D eigenvalue weighted by molar-refractivity contribution is 7.98. The summed E-state index contributed by atoms with van der Waals surface area (Å²) in [5.41, 5.74) is 7.68. The van der Waals surface area contributed by atoms with E-state index in [1.165, 1.54) is 11.1 Å². The fourth-order valence-corrected chi connectivity index (χ4v) is 4.78. The lowest BCUT2D eigenvalue weighted by Crippen LogP contribution is -2.07. The first-order chi connectivity index (χ1) is 16.6. The molecule has 0 aliphatic rings. The smallest absolute Gasteiger partial charge is 0.310 e. The molecule has 0 unspecified atom stereocenters. The lowest BCUT2D eigenvalue weighted by atomic mass is 9.99. The predicted octanol–water partition coefficient (Wildman–Crippen LogP) is 6.90. The lowest BCUT2D eigenvalue weighted by molar-refractivity contribution is -0.142. The van der Waals surface area contributed by atoms with Gasteiger partial charge in [-0.15, -0.1) is 0 Å². The molecule has 3 aromatic carbocycles. The molecule has 4 aromatic rings. The molecule has 0 radical (unpaired) electrons. The number of rotatable bonds is 10. The third kappa shape index (κ3) is 6.17. The van der Waals surface area contributed by atoms with E-state index in [-0.39, 0.29) is 5.97 Å². The summed E-state index contributed by atoms with van der Waals surface area (Å²) in [7, 11) is 0. The van der Waals surface area contributed by atoms with Gasteiger partial charge in [0.1, 0.15) is 0 Å². The summed E-state index contributed by atoms with van der Waals surface area (Å²) in [6, 6.07) is 26.9. The number of aromatic nitrogens is 1. The Morgan fingerprint density at radius 2 is 1.53 bits per heavy atom. The van der Waals surface area contributed by atoms with Gasteiger partial charge in [-0.3, -0.25) is 4.79 Å². The maximum absolute atomic E-state index is 11.7. The van der Waals surface area contributed by atoms with Gasteiger partial charge in [-0.1, -0.05) is 84.0 Å². The molecule has 174 valence electrons. The van der Waals surface area contributed by atoms with Crippen LogP contribution in [0.2, 0.25) is 0 Å². The van der Waals surface area contributed by atoms with Gasteiger partial charge in [-0.05, 0) is 48.3 Å². The Hall–Kier alpha value is -3.31. The Balaban J connectivity index is 1.39. The second kappa shape index (κ2) is 11.7. The van der Waals surface area contributed by atoms with Crippen LogP contribution in [0, 0.1) is 6.92 Å². The van der Waals surface area contributed by atoms with E-state index in [1.807, 2.05) is 55.9 Å². The standard InChI is InChI=1S/C29H29NO3S/c1-3-32-28(31)19-22-9-11-24(12-10-22)25-13-15-26(16-14-25)29-27(21(2)30-33-29)17-18-34-20-23-7-5-4-6-8-23/h4-16H,3,17-20H2,1-2H3. The second-order valence-corrected chi connectivity index (χ2v) is 9.23. The summed E-state index contributed by atoms with van der Waals surface area (Å²) in [6.45, 7) is 4.23. The van der Waals surface area contributed by atoms with Crippen LogP contribution < -0.4 is 0 Å². The van der Waals surface area contributed by atoms with Crippen LogP contribution in [-0.2, 0) is 28.1 Å². The SMILES string of the molecule is CCOC(=O)Cc1ccc(-c2ccc(-c3onc(C)c3CCSCc3ccccc3)cc2)cc1. The highest BCUT2D eigenvalue weighted by atomic mass is 32.2. The van der Waals surface area contributed by atoms with E-state index in [2.05, 4.69) is 53.7 Å². The summed E-state index contributed by atoms with van der Waals surface area (Å²) in [6.07, 6.45) is 1.22. The van der Waals surface area contributed by atoms with Crippen LogP contribution in [0.15, 0.2) is 83.4 Å². The Bertz CT molecular complexity index is 1200. The number of thioether (sulfide) groups is 1. The molecule has 0 saturated carbocycles. The van der Waals surface area contributed by atoms with Crippen molar-refractivity contribution in [3.63, 3.8) is 0 Å². The van der Waals surface area contributed by atoms with Gasteiger partial charge in [-0.25, -0.2) is 0 Å². The Morgan fingerprint density at radius 1 is 0.882 bits per heavy atom. The number of carbonyl (C=O) groups is 1. The van der Waals surface area contributed by atoms with Crippen molar-refractivity contribution < 1.29 is 14.1 Å². The minimum absolute atomic E-state index is 0.198. The van der Waals surface area contributed by atoms with Crippen LogP contribution in [0.3, 0.4) is 0 Å². The van der Waals surface area contributed by atoms with Crippen molar-refractivity contribution in [3.8, 4) is 22.5 Å². The largest absolute Gasteiger partial charge is 0.466 e. The van der Waals surface area contributed by atoms with Crippen molar-refractivity contribution in [3.05, 3.63) is 101 Å². The maximum atomic E-state index is 11.7. The average molecular weight is 472 g/mol. The van der Waals surface area contributed by atoms with E-state index < -0.39 is 0 Å². The zero-order chi connectivity index (χ0) is 23.8. The molecule has 1 aromatic heterocycles. The quantitative estimate of drug-likeness (QED) is 0.186. The van der Waals surface area contributed by atoms with Crippen molar-refractivity contribution in [1.82, 2.24) is 5.16 Å². The van der Waals surface area contributed by atoms with Crippen LogP contribution in [-0.4, -0.2) is 23.5 Å². The van der Waals surface area contributed by atoms with E-state index in [1.54, 1.807) is 0 Å². The molecule has 0 aliphatic heterocycles. The molecular formula is C29H29NO3S. The molecule has 0 aliphatic carbocycles. The fraction of sp³-hybridized carbons (Fsp3) is 0.241. The van der Waals surface area contributed by atoms with E-state index >= 15 is 0 Å². The molecule has 0 N–H and O–H groups in total. The number of esters is 1. The van der Waals surface area contributed by atoms with Crippen LogP contribution >= 0.6 is 11.8 Å². The monoisotopic (exact) mass is 471 g/mol. The Kier molecular flexibility index (Phi) is 8.21. The molecule has 0 bridgehead atoms. The maximum Gasteiger partial charge on any atom is 0.310 e. The minimum atomic E-state index is -0.198. The first-order valence-corrected chi connectivity index (χ1v) is 12.7. The zero-order valence-electron chi connectivity index (χ0n) is 19.6. The Labute approximate surface area is 205 Å². The van der Waals surface area contributed by atoms with Crippen molar-refractivity contribution in [2.24, 2.45) is 0 Å². The summed E-state index contributed by atoms with van der Waals surface area (Å²) in [5, 5.41) is 4.23. The van der Waals surface area contributed by atoms with Crippen molar-refractivity contribution in [2.45, 2.75) is 32.4 Å². The fourth-order valence-electron chi connectivity index (χ4n) is 3.86. The third-order valence-electron chi connectivity index (χ3n) is 5.68. The number of nitrogens with zero attached hydrogens (tertiary/aromatic N) is 1. The lowest BCUT2D eigenvalue weighted by Gasteiger charge is -2.07. The van der Waals surface area contributed by atoms with E-state index in [4.69, 9.17) is 9.26 Å². The minimum Gasteiger partial charge on any atom is -0.466 e. The molecule has 0 atom stereocenters. The van der Waals surface area contributed by atoms with Crippen molar-refractivity contribution >= 4 is 17.7 Å². The van der Waals surface area contributed by atoms with Gasteiger partial charge in [0.25, 0.3) is 0 Å². The van der Waals surface area contributed by atoms with Crippen molar-refractivity contribution in [1.29, 1.82) is 0 Å². The van der Waals surface area contributed by atoms with E-state index in [0.717, 1.165) is 51.6 Å². The van der Waals surface area contributed by atoms with Gasteiger partial charge in [0.05, 0.1) is 18.7 Å². The third-order valence-corrected chi connectivity index (χ3v) is 6.71. The number of carbonyl (C=O) groups excluding carboxylic acids is 1.